The van der Waals surface area contributed by atoms with Gasteiger partial charge in [0.2, 0.25) is 0 Å². The highest BCUT2D eigenvalue weighted by molar-refractivity contribution is 6.34. The molecular formula is C20H17Cl2NO2. The molecule has 3 aromatic rings. The Labute approximate surface area is 156 Å². The van der Waals surface area contributed by atoms with Crippen LogP contribution in [0.1, 0.15) is 15.9 Å². The lowest BCUT2D eigenvalue weighted by Gasteiger charge is -2.05. The molecule has 3 N–H and O–H groups in total. The summed E-state index contributed by atoms with van der Waals surface area (Å²) in [5.41, 5.74) is 8.34. The van der Waals surface area contributed by atoms with Crippen LogP contribution >= 0.6 is 23.2 Å². The van der Waals surface area contributed by atoms with E-state index in [1.54, 1.807) is 30.3 Å². The molecule has 0 unspecified atom stereocenters. The summed E-state index contributed by atoms with van der Waals surface area (Å²) in [5, 5.41) is 10.3. The van der Waals surface area contributed by atoms with Crippen LogP contribution in [0.4, 0.5) is 0 Å². The second kappa shape index (κ2) is 9.23. The molecular weight excluding hydrogens is 357 g/mol. The van der Waals surface area contributed by atoms with Gasteiger partial charge in [0.1, 0.15) is 0 Å². The van der Waals surface area contributed by atoms with Crippen molar-refractivity contribution in [2.24, 2.45) is 5.73 Å². The van der Waals surface area contributed by atoms with Crippen molar-refractivity contribution in [1.29, 1.82) is 0 Å². The molecule has 0 aliphatic carbocycles. The third kappa shape index (κ3) is 5.61. The molecule has 0 atom stereocenters. The summed E-state index contributed by atoms with van der Waals surface area (Å²) < 4.78 is 0. The van der Waals surface area contributed by atoms with Gasteiger partial charge in [-0.2, -0.15) is 0 Å². The fraction of sp³-hybridized carbons (Fsp3) is 0.0500. The third-order valence-corrected chi connectivity index (χ3v) is 3.84. The van der Waals surface area contributed by atoms with Crippen molar-refractivity contribution < 1.29 is 9.90 Å². The first-order valence-electron chi connectivity index (χ1n) is 7.54. The highest BCUT2D eigenvalue weighted by Crippen LogP contribution is 2.23. The molecule has 0 aromatic heterocycles. The van der Waals surface area contributed by atoms with Crippen LogP contribution in [0.3, 0.4) is 0 Å². The van der Waals surface area contributed by atoms with E-state index in [0.29, 0.717) is 22.2 Å². The Hall–Kier alpha value is -2.33. The van der Waals surface area contributed by atoms with Crippen molar-refractivity contribution in [2.75, 3.05) is 0 Å². The minimum Gasteiger partial charge on any atom is -0.478 e. The van der Waals surface area contributed by atoms with Crippen LogP contribution in [0.25, 0.3) is 11.1 Å². The lowest BCUT2D eigenvalue weighted by molar-refractivity contribution is 0.0697. The Morgan fingerprint density at radius 2 is 1.44 bits per heavy atom. The fourth-order valence-corrected chi connectivity index (χ4v) is 2.84. The van der Waals surface area contributed by atoms with E-state index in [2.05, 4.69) is 0 Å². The molecule has 0 spiro atoms. The number of carboxylic acids is 1. The summed E-state index contributed by atoms with van der Waals surface area (Å²) in [5.74, 6) is -0.894. The van der Waals surface area contributed by atoms with Crippen molar-refractivity contribution in [1.82, 2.24) is 0 Å². The van der Waals surface area contributed by atoms with Gasteiger partial charge in [-0.25, -0.2) is 4.79 Å². The van der Waals surface area contributed by atoms with Gasteiger partial charge in [-0.1, -0.05) is 71.7 Å². The van der Waals surface area contributed by atoms with Gasteiger partial charge in [-0.15, -0.1) is 0 Å². The standard InChI is InChI=1S/C13H10O2.C7H7Cl2N/c14-13(15)12-9-5-4-8-11(12)10-6-2-1-3-7-10;8-6-1-5(4-10)2-7(9)3-6/h1-9H,(H,14,15);1-3H,4,10H2. The van der Waals surface area contributed by atoms with Gasteiger partial charge in [-0.3, -0.25) is 0 Å². The highest BCUT2D eigenvalue weighted by atomic mass is 35.5. The number of carboxylic acid groups (broad SMARTS) is 1. The van der Waals surface area contributed by atoms with E-state index < -0.39 is 5.97 Å². The molecule has 3 aromatic carbocycles. The number of benzene rings is 3. The molecule has 0 amide bonds. The topological polar surface area (TPSA) is 63.3 Å². The molecule has 3 rings (SSSR count). The maximum Gasteiger partial charge on any atom is 0.336 e. The Bertz CT molecular complexity index is 831. The van der Waals surface area contributed by atoms with Gasteiger partial charge in [0.25, 0.3) is 0 Å². The Kier molecular flexibility index (Phi) is 7.02. The van der Waals surface area contributed by atoms with E-state index >= 15 is 0 Å². The maximum absolute atomic E-state index is 11.0. The van der Waals surface area contributed by atoms with E-state index in [1.807, 2.05) is 42.5 Å². The second-order valence-corrected chi connectivity index (χ2v) is 6.07. The van der Waals surface area contributed by atoms with Crippen LogP contribution in [0, 0.1) is 0 Å². The third-order valence-electron chi connectivity index (χ3n) is 3.40. The highest BCUT2D eigenvalue weighted by Gasteiger charge is 2.09. The molecule has 0 heterocycles. The number of halogens is 2. The quantitative estimate of drug-likeness (QED) is 0.636. The predicted octanol–water partition coefficient (Wildman–Crippen LogP) is 5.50. The molecule has 3 nitrogen and oxygen atoms in total. The van der Waals surface area contributed by atoms with E-state index in [1.165, 1.54) is 0 Å². The number of hydrogen-bond acceptors (Lipinski definition) is 2. The normalized spacial score (nSPS) is 9.88. The predicted molar refractivity (Wildman–Crippen MR) is 103 cm³/mol. The van der Waals surface area contributed by atoms with Crippen LogP contribution in [0.5, 0.6) is 0 Å². The van der Waals surface area contributed by atoms with E-state index in [0.717, 1.165) is 16.7 Å². The largest absolute Gasteiger partial charge is 0.478 e. The van der Waals surface area contributed by atoms with Crippen molar-refractivity contribution in [3.63, 3.8) is 0 Å². The number of rotatable bonds is 3. The van der Waals surface area contributed by atoms with Gasteiger partial charge in [-0.05, 0) is 41.0 Å². The van der Waals surface area contributed by atoms with Gasteiger partial charge in [0.15, 0.2) is 0 Å². The minimum absolute atomic E-state index is 0.337. The van der Waals surface area contributed by atoms with Gasteiger partial charge in [0, 0.05) is 16.6 Å². The summed E-state index contributed by atoms with van der Waals surface area (Å²) in [6.45, 7) is 0.472. The molecule has 0 radical (unpaired) electrons. The monoisotopic (exact) mass is 373 g/mol. The summed E-state index contributed by atoms with van der Waals surface area (Å²) >= 11 is 11.4. The summed E-state index contributed by atoms with van der Waals surface area (Å²) in [7, 11) is 0. The molecule has 128 valence electrons. The Morgan fingerprint density at radius 1 is 0.880 bits per heavy atom. The second-order valence-electron chi connectivity index (χ2n) is 5.20. The molecule has 0 saturated carbocycles. The average Bonchev–Trinajstić information content (AvgIpc) is 2.62. The van der Waals surface area contributed by atoms with Crippen LogP contribution in [0.2, 0.25) is 10.0 Å². The van der Waals surface area contributed by atoms with Crippen LogP contribution in [0.15, 0.2) is 72.8 Å². The number of hydrogen-bond donors (Lipinski definition) is 2. The SMILES string of the molecule is NCc1cc(Cl)cc(Cl)c1.O=C(O)c1ccccc1-c1ccccc1. The fourth-order valence-electron chi connectivity index (χ4n) is 2.27. The zero-order chi connectivity index (χ0) is 18.2. The Balaban J connectivity index is 0.000000196. The van der Waals surface area contributed by atoms with Crippen molar-refractivity contribution in [2.45, 2.75) is 6.54 Å². The van der Waals surface area contributed by atoms with Crippen molar-refractivity contribution in [3.8, 4) is 11.1 Å². The molecule has 5 heteroatoms. The molecule has 0 saturated heterocycles. The van der Waals surface area contributed by atoms with Crippen LogP contribution < -0.4 is 5.73 Å². The lowest BCUT2D eigenvalue weighted by atomic mass is 10.00. The average molecular weight is 374 g/mol. The van der Waals surface area contributed by atoms with Gasteiger partial charge in [0.05, 0.1) is 5.56 Å². The lowest BCUT2D eigenvalue weighted by Crippen LogP contribution is -1.98. The molecule has 0 fully saturated rings. The first-order chi connectivity index (χ1) is 12.0. The summed E-state index contributed by atoms with van der Waals surface area (Å²) in [6, 6.07) is 21.8. The number of aromatic carboxylic acids is 1. The molecule has 0 aliphatic heterocycles. The maximum atomic E-state index is 11.0. The van der Waals surface area contributed by atoms with Crippen LogP contribution in [-0.4, -0.2) is 11.1 Å². The smallest absolute Gasteiger partial charge is 0.336 e. The summed E-state index contributed by atoms with van der Waals surface area (Å²) in [4.78, 5) is 11.0. The van der Waals surface area contributed by atoms with Crippen LogP contribution in [-0.2, 0) is 6.54 Å². The van der Waals surface area contributed by atoms with Gasteiger partial charge >= 0.3 is 5.97 Å². The minimum atomic E-state index is -0.894. The van der Waals surface area contributed by atoms with E-state index in [4.69, 9.17) is 34.0 Å². The zero-order valence-electron chi connectivity index (χ0n) is 13.3. The van der Waals surface area contributed by atoms with Crippen molar-refractivity contribution in [3.05, 3.63) is 94.0 Å². The number of nitrogens with two attached hydrogens (primary N) is 1. The van der Waals surface area contributed by atoms with E-state index in [-0.39, 0.29) is 0 Å². The van der Waals surface area contributed by atoms with Crippen molar-refractivity contribution >= 4 is 29.2 Å². The Morgan fingerprint density at radius 3 is 2.00 bits per heavy atom. The van der Waals surface area contributed by atoms with E-state index in [9.17, 15) is 4.79 Å². The molecule has 0 aliphatic rings. The first-order valence-corrected chi connectivity index (χ1v) is 8.29. The summed E-state index contributed by atoms with van der Waals surface area (Å²) in [6.07, 6.45) is 0. The first kappa shape index (κ1) is 19.0. The zero-order valence-corrected chi connectivity index (χ0v) is 14.8. The molecule has 25 heavy (non-hydrogen) atoms. The number of carbonyl (C=O) groups is 1. The van der Waals surface area contributed by atoms with Gasteiger partial charge < -0.3 is 10.8 Å². The molecule has 0 bridgehead atoms.